The molecule has 1 rings (SSSR count). The van der Waals surface area contributed by atoms with Gasteiger partial charge in [0.05, 0.1) is 0 Å². The maximum Gasteiger partial charge on any atom is 0.108 e. The van der Waals surface area contributed by atoms with E-state index in [0.29, 0.717) is 6.61 Å². The van der Waals surface area contributed by atoms with Crippen LogP contribution >= 0.6 is 0 Å². The van der Waals surface area contributed by atoms with Gasteiger partial charge < -0.3 is 9.67 Å². The van der Waals surface area contributed by atoms with Crippen LogP contribution in [0.15, 0.2) is 12.4 Å². The van der Waals surface area contributed by atoms with E-state index in [4.69, 9.17) is 5.11 Å². The summed E-state index contributed by atoms with van der Waals surface area (Å²) in [5.41, 5.74) is 0. The average Bonchev–Trinajstić information content (AvgIpc) is 2.78. The predicted molar refractivity (Wildman–Crippen MR) is 70.7 cm³/mol. The Balaban J connectivity index is 2.22. The summed E-state index contributed by atoms with van der Waals surface area (Å²) in [5.74, 6) is 1.19. The summed E-state index contributed by atoms with van der Waals surface area (Å²) >= 11 is 0. The lowest BCUT2D eigenvalue weighted by Gasteiger charge is -2.07. The zero-order valence-electron chi connectivity index (χ0n) is 10.8. The number of nitrogens with zero attached hydrogens (tertiary/aromatic N) is 2. The third-order valence-electron chi connectivity index (χ3n) is 3.01. The van der Waals surface area contributed by atoms with Gasteiger partial charge in [0.2, 0.25) is 0 Å². The normalized spacial score (nSPS) is 10.9. The molecule has 1 heterocycles. The minimum Gasteiger partial charge on any atom is -0.396 e. The van der Waals surface area contributed by atoms with Crippen LogP contribution < -0.4 is 0 Å². The van der Waals surface area contributed by atoms with Crippen LogP contribution in [-0.2, 0) is 13.0 Å². The summed E-state index contributed by atoms with van der Waals surface area (Å²) in [6.45, 7) is 5.24. The Hall–Kier alpha value is -0.830. The summed E-state index contributed by atoms with van der Waals surface area (Å²) in [6.07, 6.45) is 12.8. The number of rotatable bonds is 10. The van der Waals surface area contributed by atoms with Gasteiger partial charge >= 0.3 is 0 Å². The summed E-state index contributed by atoms with van der Waals surface area (Å²) in [5, 5.41) is 8.72. The molecule has 97 valence electrons. The lowest BCUT2D eigenvalue weighted by atomic mass is 10.2. The van der Waals surface area contributed by atoms with Crippen molar-refractivity contribution >= 4 is 0 Å². The van der Waals surface area contributed by atoms with Gasteiger partial charge in [0.15, 0.2) is 0 Å². The van der Waals surface area contributed by atoms with Gasteiger partial charge in [-0.3, -0.25) is 0 Å². The quantitative estimate of drug-likeness (QED) is 0.635. The third kappa shape index (κ3) is 5.87. The highest BCUT2D eigenvalue weighted by Gasteiger charge is 2.02. The van der Waals surface area contributed by atoms with Crippen molar-refractivity contribution in [2.75, 3.05) is 6.61 Å². The van der Waals surface area contributed by atoms with Crippen LogP contribution in [0, 0.1) is 6.92 Å². The van der Waals surface area contributed by atoms with Gasteiger partial charge in [-0.25, -0.2) is 4.98 Å². The maximum absolute atomic E-state index is 8.72. The molecule has 0 aliphatic rings. The Morgan fingerprint density at radius 3 is 2.71 bits per heavy atom. The molecule has 0 spiro atoms. The number of unbranched alkanes of at least 4 members (excludes halogenated alkanes) is 5. The molecule has 0 atom stereocenters. The number of aryl methyl sites for hydroxylation is 2. The van der Waals surface area contributed by atoms with Crippen molar-refractivity contribution in [2.24, 2.45) is 0 Å². The van der Waals surface area contributed by atoms with E-state index >= 15 is 0 Å². The Labute approximate surface area is 105 Å². The fourth-order valence-electron chi connectivity index (χ4n) is 1.98. The van der Waals surface area contributed by atoms with Crippen molar-refractivity contribution in [2.45, 2.75) is 57.9 Å². The summed E-state index contributed by atoms with van der Waals surface area (Å²) in [6, 6.07) is 0. The number of imidazole rings is 1. The van der Waals surface area contributed by atoms with Crippen LogP contribution in [-0.4, -0.2) is 21.3 Å². The highest BCUT2D eigenvalue weighted by Crippen LogP contribution is 2.08. The number of hydrogen-bond donors (Lipinski definition) is 1. The highest BCUT2D eigenvalue weighted by atomic mass is 16.2. The lowest BCUT2D eigenvalue weighted by Crippen LogP contribution is -2.03. The number of aliphatic hydroxyl groups is 1. The molecule has 1 aromatic heterocycles. The zero-order valence-corrected chi connectivity index (χ0v) is 10.8. The molecule has 0 unspecified atom stereocenters. The van der Waals surface area contributed by atoms with E-state index in [1.54, 1.807) is 0 Å². The molecule has 1 N–H and O–H groups in total. The van der Waals surface area contributed by atoms with Crippen LogP contribution in [0.4, 0.5) is 0 Å². The van der Waals surface area contributed by atoms with Crippen molar-refractivity contribution in [3.8, 4) is 0 Å². The van der Waals surface area contributed by atoms with Crippen molar-refractivity contribution in [3.63, 3.8) is 0 Å². The summed E-state index contributed by atoms with van der Waals surface area (Å²) in [7, 11) is 0. The topological polar surface area (TPSA) is 38.0 Å². The second kappa shape index (κ2) is 9.23. The second-order valence-corrected chi connectivity index (χ2v) is 4.49. The van der Waals surface area contributed by atoms with Crippen LogP contribution in [0.5, 0.6) is 0 Å². The Kier molecular flexibility index (Phi) is 7.72. The molecule has 1 radical (unpaired) electrons. The smallest absolute Gasteiger partial charge is 0.108 e. The molecule has 1 aromatic rings. The molecule has 0 aliphatic carbocycles. The van der Waals surface area contributed by atoms with Gasteiger partial charge in [-0.05, 0) is 19.3 Å². The second-order valence-electron chi connectivity index (χ2n) is 4.49. The molecular formula is C14H25N2O. The molecule has 3 nitrogen and oxygen atoms in total. The zero-order chi connectivity index (χ0) is 12.3. The van der Waals surface area contributed by atoms with Crippen molar-refractivity contribution in [3.05, 3.63) is 25.1 Å². The average molecular weight is 237 g/mol. The molecule has 0 aromatic carbocycles. The SMILES string of the molecule is [CH2]CCCCCn1ccnc1CCCCCO. The van der Waals surface area contributed by atoms with E-state index in [9.17, 15) is 0 Å². The molecule has 0 saturated carbocycles. The standard InChI is InChI=1S/C14H25N2O/c1-2-3-4-7-11-16-12-10-15-14(16)9-6-5-8-13-17/h10,12,17H,1-9,11,13H2. The fraction of sp³-hybridized carbons (Fsp3) is 0.714. The van der Waals surface area contributed by atoms with Crippen molar-refractivity contribution < 1.29 is 5.11 Å². The van der Waals surface area contributed by atoms with E-state index < -0.39 is 0 Å². The van der Waals surface area contributed by atoms with Crippen molar-refractivity contribution in [1.82, 2.24) is 9.55 Å². The van der Waals surface area contributed by atoms with E-state index in [-0.39, 0.29) is 0 Å². The molecule has 17 heavy (non-hydrogen) atoms. The minimum absolute atomic E-state index is 0.305. The Morgan fingerprint density at radius 2 is 1.94 bits per heavy atom. The monoisotopic (exact) mass is 237 g/mol. The molecule has 0 fully saturated rings. The lowest BCUT2D eigenvalue weighted by molar-refractivity contribution is 0.283. The fourth-order valence-corrected chi connectivity index (χ4v) is 1.98. The Morgan fingerprint density at radius 1 is 1.12 bits per heavy atom. The largest absolute Gasteiger partial charge is 0.396 e. The Bertz CT molecular complexity index is 257. The summed E-state index contributed by atoms with van der Waals surface area (Å²) in [4.78, 5) is 4.40. The first kappa shape index (κ1) is 14.2. The van der Waals surface area contributed by atoms with E-state index in [2.05, 4.69) is 22.7 Å². The first-order chi connectivity index (χ1) is 8.38. The van der Waals surface area contributed by atoms with Gasteiger partial charge in [0.1, 0.15) is 5.82 Å². The van der Waals surface area contributed by atoms with E-state index in [1.165, 1.54) is 25.1 Å². The molecule has 3 heteroatoms. The number of hydrogen-bond acceptors (Lipinski definition) is 2. The van der Waals surface area contributed by atoms with Crippen LogP contribution in [0.25, 0.3) is 0 Å². The molecule has 0 bridgehead atoms. The molecule has 0 aliphatic heterocycles. The molecular weight excluding hydrogens is 212 g/mol. The summed E-state index contributed by atoms with van der Waals surface area (Å²) < 4.78 is 2.27. The van der Waals surface area contributed by atoms with Gasteiger partial charge in [-0.15, -0.1) is 0 Å². The van der Waals surface area contributed by atoms with Gasteiger partial charge in [-0.2, -0.15) is 0 Å². The molecule has 0 amide bonds. The van der Waals surface area contributed by atoms with Gasteiger partial charge in [-0.1, -0.05) is 32.6 Å². The molecule has 0 saturated heterocycles. The van der Waals surface area contributed by atoms with Crippen LogP contribution in [0.3, 0.4) is 0 Å². The number of aromatic nitrogens is 2. The third-order valence-corrected chi connectivity index (χ3v) is 3.01. The van der Waals surface area contributed by atoms with Gasteiger partial charge in [0, 0.05) is 32.0 Å². The van der Waals surface area contributed by atoms with Crippen LogP contribution in [0.2, 0.25) is 0 Å². The highest BCUT2D eigenvalue weighted by molar-refractivity contribution is 4.92. The number of aliphatic hydroxyl groups excluding tert-OH is 1. The first-order valence-corrected chi connectivity index (χ1v) is 6.78. The van der Waals surface area contributed by atoms with Gasteiger partial charge in [0.25, 0.3) is 0 Å². The maximum atomic E-state index is 8.72. The first-order valence-electron chi connectivity index (χ1n) is 6.78. The predicted octanol–water partition coefficient (Wildman–Crippen LogP) is 2.98. The van der Waals surface area contributed by atoms with Crippen LogP contribution in [0.1, 0.15) is 50.8 Å². The van der Waals surface area contributed by atoms with E-state index in [0.717, 1.165) is 38.6 Å². The minimum atomic E-state index is 0.305. The van der Waals surface area contributed by atoms with E-state index in [1.807, 2.05) is 6.20 Å². The van der Waals surface area contributed by atoms with Crippen molar-refractivity contribution in [1.29, 1.82) is 0 Å².